The zero-order valence-electron chi connectivity index (χ0n) is 9.34. The van der Waals surface area contributed by atoms with Gasteiger partial charge in [-0.2, -0.15) is 5.10 Å². The maximum absolute atomic E-state index is 5.94. The smallest absolute Gasteiger partial charge is 0.160 e. The number of hydrogen-bond acceptors (Lipinski definition) is 2. The third kappa shape index (κ3) is 1.61. The van der Waals surface area contributed by atoms with Gasteiger partial charge >= 0.3 is 0 Å². The number of benzene rings is 1. The second-order valence-electron chi connectivity index (χ2n) is 3.83. The van der Waals surface area contributed by atoms with E-state index in [1.54, 1.807) is 4.68 Å². The molecular formula is C12H11ClN4. The largest absolute Gasteiger partial charge is 0.278 e. The molecule has 0 aliphatic carbocycles. The Hall–Kier alpha value is -1.81. The van der Waals surface area contributed by atoms with Gasteiger partial charge in [-0.25, -0.2) is 4.98 Å². The molecule has 0 aliphatic rings. The van der Waals surface area contributed by atoms with Crippen molar-refractivity contribution in [3.63, 3.8) is 0 Å². The fourth-order valence-corrected chi connectivity index (χ4v) is 2.12. The molecule has 4 nitrogen and oxygen atoms in total. The molecule has 0 spiro atoms. The van der Waals surface area contributed by atoms with Gasteiger partial charge < -0.3 is 0 Å². The molecule has 0 amide bonds. The summed E-state index contributed by atoms with van der Waals surface area (Å²) in [5.74, 6) is 2.02. The summed E-state index contributed by atoms with van der Waals surface area (Å²) in [4.78, 5) is 4.50. The lowest BCUT2D eigenvalue weighted by Gasteiger charge is -2.02. The van der Waals surface area contributed by atoms with Gasteiger partial charge in [-0.1, -0.05) is 12.1 Å². The second kappa shape index (κ2) is 3.89. The predicted molar refractivity (Wildman–Crippen MR) is 67.4 cm³/mol. The zero-order chi connectivity index (χ0) is 11.8. The molecule has 3 aromatic rings. The van der Waals surface area contributed by atoms with Gasteiger partial charge in [0.25, 0.3) is 0 Å². The Morgan fingerprint density at radius 3 is 2.76 bits per heavy atom. The lowest BCUT2D eigenvalue weighted by atomic mass is 10.3. The number of hydrogen-bond donors (Lipinski definition) is 0. The Bertz CT molecular complexity index is 668. The van der Waals surface area contributed by atoms with Crippen molar-refractivity contribution in [2.45, 2.75) is 5.88 Å². The number of para-hydroxylation sites is 2. The van der Waals surface area contributed by atoms with Crippen LogP contribution in [-0.2, 0) is 12.9 Å². The Morgan fingerprint density at radius 2 is 2.06 bits per heavy atom. The maximum Gasteiger partial charge on any atom is 0.160 e. The molecule has 5 heteroatoms. The van der Waals surface area contributed by atoms with Gasteiger partial charge in [0.2, 0.25) is 0 Å². The molecule has 86 valence electrons. The average Bonchev–Trinajstić information content (AvgIpc) is 2.91. The summed E-state index contributed by atoms with van der Waals surface area (Å²) < 4.78 is 3.75. The van der Waals surface area contributed by atoms with Gasteiger partial charge in [0.05, 0.1) is 16.9 Å². The Morgan fingerprint density at radius 1 is 1.24 bits per heavy atom. The molecule has 0 fully saturated rings. The van der Waals surface area contributed by atoms with E-state index in [9.17, 15) is 0 Å². The molecule has 0 bridgehead atoms. The van der Waals surface area contributed by atoms with E-state index < -0.39 is 0 Å². The van der Waals surface area contributed by atoms with E-state index in [1.165, 1.54) is 0 Å². The van der Waals surface area contributed by atoms with Crippen molar-refractivity contribution in [3.05, 3.63) is 42.4 Å². The summed E-state index contributed by atoms with van der Waals surface area (Å²) in [6.07, 6.45) is 1.90. The summed E-state index contributed by atoms with van der Waals surface area (Å²) in [7, 11) is 1.89. The van der Waals surface area contributed by atoms with Crippen molar-refractivity contribution in [2.24, 2.45) is 7.05 Å². The minimum atomic E-state index is 0.366. The van der Waals surface area contributed by atoms with Crippen LogP contribution < -0.4 is 0 Å². The van der Waals surface area contributed by atoms with Crippen LogP contribution in [0.5, 0.6) is 0 Å². The van der Waals surface area contributed by atoms with E-state index in [1.807, 2.05) is 48.1 Å². The highest BCUT2D eigenvalue weighted by atomic mass is 35.5. The number of fused-ring (bicyclic) bond motifs is 1. The summed E-state index contributed by atoms with van der Waals surface area (Å²) in [5, 5.41) is 4.39. The molecule has 0 radical (unpaired) electrons. The van der Waals surface area contributed by atoms with Crippen LogP contribution in [0.3, 0.4) is 0 Å². The van der Waals surface area contributed by atoms with Crippen LogP contribution in [-0.4, -0.2) is 19.3 Å². The highest BCUT2D eigenvalue weighted by Crippen LogP contribution is 2.21. The first-order valence-corrected chi connectivity index (χ1v) is 5.85. The first-order valence-electron chi connectivity index (χ1n) is 5.32. The standard InChI is InChI=1S/C12H11ClN4/c1-16-7-6-11(15-16)17-10-5-3-2-4-9(10)14-12(17)8-13/h2-7H,8H2,1H3. The molecule has 17 heavy (non-hydrogen) atoms. The number of alkyl halides is 1. The van der Waals surface area contributed by atoms with Gasteiger partial charge in [-0.15, -0.1) is 11.6 Å². The van der Waals surface area contributed by atoms with Crippen LogP contribution >= 0.6 is 11.6 Å². The molecule has 1 aromatic carbocycles. The molecule has 0 saturated heterocycles. The van der Waals surface area contributed by atoms with Crippen molar-refractivity contribution in [3.8, 4) is 5.82 Å². The van der Waals surface area contributed by atoms with Crippen LogP contribution in [0.1, 0.15) is 5.82 Å². The Labute approximate surface area is 103 Å². The minimum absolute atomic E-state index is 0.366. The number of nitrogens with zero attached hydrogens (tertiary/aromatic N) is 4. The normalized spacial score (nSPS) is 11.2. The monoisotopic (exact) mass is 246 g/mol. The second-order valence-corrected chi connectivity index (χ2v) is 4.10. The Kier molecular flexibility index (Phi) is 2.37. The molecule has 2 aromatic heterocycles. The number of halogens is 1. The molecule has 0 N–H and O–H groups in total. The molecule has 0 unspecified atom stereocenters. The Balaban J connectivity index is 2.33. The van der Waals surface area contributed by atoms with Gasteiger partial charge in [0.1, 0.15) is 5.82 Å². The van der Waals surface area contributed by atoms with Crippen LogP contribution in [0.15, 0.2) is 36.5 Å². The predicted octanol–water partition coefficient (Wildman–Crippen LogP) is 2.50. The van der Waals surface area contributed by atoms with E-state index in [0.717, 1.165) is 22.7 Å². The van der Waals surface area contributed by atoms with E-state index in [-0.39, 0.29) is 0 Å². The van der Waals surface area contributed by atoms with Gasteiger partial charge in [0.15, 0.2) is 5.82 Å². The molecule has 3 rings (SSSR count). The zero-order valence-corrected chi connectivity index (χ0v) is 10.1. The number of rotatable bonds is 2. The topological polar surface area (TPSA) is 35.6 Å². The lowest BCUT2D eigenvalue weighted by Crippen LogP contribution is -2.01. The fourth-order valence-electron chi connectivity index (χ4n) is 1.94. The van der Waals surface area contributed by atoms with Crippen LogP contribution in [0.2, 0.25) is 0 Å². The first kappa shape index (κ1) is 10.4. The third-order valence-corrected chi connectivity index (χ3v) is 2.92. The molecule has 0 saturated carbocycles. The summed E-state index contributed by atoms with van der Waals surface area (Å²) in [6.45, 7) is 0. The van der Waals surface area contributed by atoms with Crippen molar-refractivity contribution in [1.29, 1.82) is 0 Å². The highest BCUT2D eigenvalue weighted by molar-refractivity contribution is 6.17. The number of imidazole rings is 1. The molecule has 0 atom stereocenters. The van der Waals surface area contributed by atoms with Crippen molar-refractivity contribution >= 4 is 22.6 Å². The van der Waals surface area contributed by atoms with Gasteiger partial charge in [-0.3, -0.25) is 9.25 Å². The summed E-state index contributed by atoms with van der Waals surface area (Å²) >= 11 is 5.94. The highest BCUT2D eigenvalue weighted by Gasteiger charge is 2.12. The van der Waals surface area contributed by atoms with E-state index in [4.69, 9.17) is 11.6 Å². The average molecular weight is 247 g/mol. The van der Waals surface area contributed by atoms with Crippen molar-refractivity contribution < 1.29 is 0 Å². The lowest BCUT2D eigenvalue weighted by molar-refractivity contribution is 0.749. The molecular weight excluding hydrogens is 236 g/mol. The number of aryl methyl sites for hydroxylation is 1. The molecule has 2 heterocycles. The third-order valence-electron chi connectivity index (χ3n) is 2.68. The van der Waals surface area contributed by atoms with Crippen LogP contribution in [0.25, 0.3) is 16.9 Å². The minimum Gasteiger partial charge on any atom is -0.278 e. The number of aromatic nitrogens is 4. The van der Waals surface area contributed by atoms with E-state index >= 15 is 0 Å². The quantitative estimate of drug-likeness (QED) is 0.652. The summed E-state index contributed by atoms with van der Waals surface area (Å²) in [5.41, 5.74) is 1.97. The SMILES string of the molecule is Cn1ccc(-n2c(CCl)nc3ccccc32)n1. The first-order chi connectivity index (χ1) is 8.29. The van der Waals surface area contributed by atoms with Crippen molar-refractivity contribution in [2.75, 3.05) is 0 Å². The van der Waals surface area contributed by atoms with Crippen LogP contribution in [0.4, 0.5) is 0 Å². The van der Waals surface area contributed by atoms with Gasteiger partial charge in [0, 0.05) is 19.3 Å². The van der Waals surface area contributed by atoms with Gasteiger partial charge in [-0.05, 0) is 12.1 Å². The van der Waals surface area contributed by atoms with E-state index in [2.05, 4.69) is 10.1 Å². The maximum atomic E-state index is 5.94. The molecule has 0 aliphatic heterocycles. The fraction of sp³-hybridized carbons (Fsp3) is 0.167. The van der Waals surface area contributed by atoms with Crippen LogP contribution in [0, 0.1) is 0 Å². The van der Waals surface area contributed by atoms with Crippen molar-refractivity contribution in [1.82, 2.24) is 19.3 Å². The summed E-state index contributed by atoms with van der Waals surface area (Å²) in [6, 6.07) is 9.90. The van der Waals surface area contributed by atoms with E-state index in [0.29, 0.717) is 5.88 Å².